The van der Waals surface area contributed by atoms with Crippen molar-refractivity contribution in [1.82, 2.24) is 19.3 Å². The summed E-state index contributed by atoms with van der Waals surface area (Å²) in [5, 5.41) is 3.49. The normalized spacial score (nSPS) is 12.9. The number of nitrogens with one attached hydrogen (secondary N) is 2. The third kappa shape index (κ3) is 3.93. The molecule has 1 aromatic carbocycles. The van der Waals surface area contributed by atoms with Gasteiger partial charge in [0, 0.05) is 11.9 Å². The Morgan fingerprint density at radius 3 is 2.82 bits per heavy atom. The second-order valence-electron chi connectivity index (χ2n) is 8.03. The van der Waals surface area contributed by atoms with Crippen LogP contribution in [0.3, 0.4) is 0 Å². The Labute approximate surface area is 197 Å². The molecule has 170 valence electrons. The zero-order chi connectivity index (χ0) is 23.1. The Morgan fingerprint density at radius 1 is 1.24 bits per heavy atom. The number of carbonyl (C=O) groups excluding carboxylic acids is 1. The summed E-state index contributed by atoms with van der Waals surface area (Å²) in [6.45, 7) is 1.80. The Morgan fingerprint density at radius 2 is 2.03 bits per heavy atom. The number of anilines is 1. The quantitative estimate of drug-likeness (QED) is 0.441. The second-order valence-corrected chi connectivity index (χ2v) is 10.1. The fourth-order valence-electron chi connectivity index (χ4n) is 4.24. The topological polar surface area (TPSA) is 102 Å². The lowest BCUT2D eigenvalue weighted by molar-refractivity contribution is -0.113. The molecular weight excluding hydrogens is 458 g/mol. The lowest BCUT2D eigenvalue weighted by Crippen LogP contribution is -2.23. The molecule has 0 spiro atoms. The van der Waals surface area contributed by atoms with Crippen LogP contribution >= 0.6 is 23.1 Å². The average molecular weight is 482 g/mol. The summed E-state index contributed by atoms with van der Waals surface area (Å²) in [6.07, 6.45) is 3.06. The van der Waals surface area contributed by atoms with Gasteiger partial charge in [0.05, 0.1) is 28.3 Å². The number of fused-ring (bicyclic) bond motifs is 3. The number of aromatic nitrogens is 4. The van der Waals surface area contributed by atoms with Gasteiger partial charge in [-0.2, -0.15) is 0 Å². The van der Waals surface area contributed by atoms with Gasteiger partial charge in [0.25, 0.3) is 11.1 Å². The van der Waals surface area contributed by atoms with E-state index in [-0.39, 0.29) is 28.5 Å². The Balaban J connectivity index is 1.27. The maximum atomic E-state index is 12.9. The summed E-state index contributed by atoms with van der Waals surface area (Å²) in [6, 6.07) is 9.29. The van der Waals surface area contributed by atoms with Crippen molar-refractivity contribution < 1.29 is 4.79 Å². The number of benzene rings is 1. The van der Waals surface area contributed by atoms with E-state index in [1.807, 2.05) is 30.3 Å². The molecule has 0 saturated heterocycles. The Bertz CT molecular complexity index is 1480. The number of nitrogens with zero attached hydrogens (tertiary/aromatic N) is 3. The highest BCUT2D eigenvalue weighted by atomic mass is 32.2. The van der Waals surface area contributed by atoms with E-state index in [0.29, 0.717) is 17.3 Å². The van der Waals surface area contributed by atoms with Crippen LogP contribution in [-0.4, -0.2) is 31.0 Å². The van der Waals surface area contributed by atoms with Crippen LogP contribution in [0.4, 0.5) is 5.69 Å². The van der Waals surface area contributed by atoms with Crippen molar-refractivity contribution in [3.8, 4) is 5.69 Å². The van der Waals surface area contributed by atoms with Gasteiger partial charge in [0.1, 0.15) is 16.3 Å². The van der Waals surface area contributed by atoms with Crippen LogP contribution in [0.5, 0.6) is 0 Å². The van der Waals surface area contributed by atoms with Crippen molar-refractivity contribution >= 4 is 44.9 Å². The molecule has 3 heterocycles. The zero-order valence-corrected chi connectivity index (χ0v) is 19.9. The largest absolute Gasteiger partial charge is 0.319 e. The number of hydrogen-bond acceptors (Lipinski definition) is 6. The number of amides is 1. The van der Waals surface area contributed by atoms with E-state index in [0.717, 1.165) is 40.7 Å². The first-order valence-corrected chi connectivity index (χ1v) is 12.7. The molecule has 33 heavy (non-hydrogen) atoms. The summed E-state index contributed by atoms with van der Waals surface area (Å²) in [4.78, 5) is 47.6. The monoisotopic (exact) mass is 481 g/mol. The first-order chi connectivity index (χ1) is 15.9. The molecule has 1 aliphatic rings. The standard InChI is InChI=1S/C23H23N5O3S2/c1-13-20(23(31)28(27(13)2)14-7-4-3-5-8-14)26-18(29)12-32-11-17-24-21(30)19-15-9-6-10-16(15)33-22(19)25-17/h3-5,7-8H,6,9-12H2,1-2H3,(H,26,29)(H,24,25,30). The molecule has 2 N–H and O–H groups in total. The number of aromatic amines is 1. The number of aryl methyl sites for hydroxylation is 2. The number of carbonyl (C=O) groups is 1. The molecule has 1 amide bonds. The maximum absolute atomic E-state index is 12.9. The van der Waals surface area contributed by atoms with E-state index < -0.39 is 0 Å². The van der Waals surface area contributed by atoms with E-state index in [9.17, 15) is 14.4 Å². The molecule has 0 bridgehead atoms. The molecule has 10 heteroatoms. The van der Waals surface area contributed by atoms with E-state index in [1.54, 1.807) is 30.0 Å². The van der Waals surface area contributed by atoms with Gasteiger partial charge in [0.15, 0.2) is 0 Å². The number of thiophene rings is 1. The van der Waals surface area contributed by atoms with Crippen LogP contribution < -0.4 is 16.4 Å². The Hall–Kier alpha value is -3.11. The molecule has 4 aromatic rings. The number of H-pyrrole nitrogens is 1. The highest BCUT2D eigenvalue weighted by Gasteiger charge is 2.21. The molecular formula is C23H23N5O3S2. The predicted octanol–water partition coefficient (Wildman–Crippen LogP) is 3.14. The van der Waals surface area contributed by atoms with Gasteiger partial charge < -0.3 is 10.3 Å². The molecule has 0 aliphatic heterocycles. The van der Waals surface area contributed by atoms with Crippen LogP contribution in [0, 0.1) is 6.92 Å². The van der Waals surface area contributed by atoms with Crippen LogP contribution in [0.25, 0.3) is 15.9 Å². The van der Waals surface area contributed by atoms with Crippen LogP contribution in [-0.2, 0) is 30.4 Å². The highest BCUT2D eigenvalue weighted by molar-refractivity contribution is 7.99. The molecule has 5 rings (SSSR count). The molecule has 8 nitrogen and oxygen atoms in total. The number of rotatable bonds is 6. The van der Waals surface area contributed by atoms with Crippen molar-refractivity contribution in [2.75, 3.05) is 11.1 Å². The van der Waals surface area contributed by atoms with Gasteiger partial charge in [-0.3, -0.25) is 19.1 Å². The molecule has 0 fully saturated rings. The van der Waals surface area contributed by atoms with Gasteiger partial charge in [-0.05, 0) is 43.9 Å². The summed E-state index contributed by atoms with van der Waals surface area (Å²) in [5.74, 6) is 0.836. The number of para-hydroxylation sites is 1. The highest BCUT2D eigenvalue weighted by Crippen LogP contribution is 2.34. The van der Waals surface area contributed by atoms with Crippen molar-refractivity contribution in [2.24, 2.45) is 7.05 Å². The molecule has 0 unspecified atom stereocenters. The van der Waals surface area contributed by atoms with Crippen molar-refractivity contribution in [3.63, 3.8) is 0 Å². The first-order valence-electron chi connectivity index (χ1n) is 10.7. The fourth-order valence-corrected chi connectivity index (χ4v) is 6.21. The van der Waals surface area contributed by atoms with E-state index in [1.165, 1.54) is 21.3 Å². The fraction of sp³-hybridized carbons (Fsp3) is 0.304. The van der Waals surface area contributed by atoms with Gasteiger partial charge in [0.2, 0.25) is 5.91 Å². The SMILES string of the molecule is Cc1c(NC(=O)CSCc2nc3sc4c(c3c(=O)[nH]2)CCC4)c(=O)n(-c2ccccc2)n1C. The minimum Gasteiger partial charge on any atom is -0.319 e. The lowest BCUT2D eigenvalue weighted by Gasteiger charge is -2.07. The van der Waals surface area contributed by atoms with Gasteiger partial charge in [-0.15, -0.1) is 23.1 Å². The van der Waals surface area contributed by atoms with Crippen LogP contribution in [0.15, 0.2) is 39.9 Å². The van der Waals surface area contributed by atoms with E-state index in [2.05, 4.69) is 15.3 Å². The summed E-state index contributed by atoms with van der Waals surface area (Å²) < 4.78 is 3.25. The maximum Gasteiger partial charge on any atom is 0.295 e. The predicted molar refractivity (Wildman–Crippen MR) is 133 cm³/mol. The van der Waals surface area contributed by atoms with Crippen LogP contribution in [0.1, 0.15) is 28.4 Å². The number of thioether (sulfide) groups is 1. The van der Waals surface area contributed by atoms with E-state index in [4.69, 9.17) is 0 Å². The minimum absolute atomic E-state index is 0.0965. The lowest BCUT2D eigenvalue weighted by atomic mass is 10.2. The van der Waals surface area contributed by atoms with Gasteiger partial charge in [-0.25, -0.2) is 9.67 Å². The molecule has 1 aliphatic carbocycles. The average Bonchev–Trinajstić information content (AvgIpc) is 3.43. The van der Waals surface area contributed by atoms with E-state index >= 15 is 0 Å². The molecule has 0 saturated carbocycles. The number of hydrogen-bond donors (Lipinski definition) is 2. The van der Waals surface area contributed by atoms with Gasteiger partial charge >= 0.3 is 0 Å². The zero-order valence-electron chi connectivity index (χ0n) is 18.3. The molecule has 0 radical (unpaired) electrons. The third-order valence-electron chi connectivity index (χ3n) is 5.91. The van der Waals surface area contributed by atoms with Crippen molar-refractivity contribution in [3.05, 3.63) is 73.0 Å². The Kier molecular flexibility index (Phi) is 5.71. The van der Waals surface area contributed by atoms with Crippen molar-refractivity contribution in [2.45, 2.75) is 31.9 Å². The summed E-state index contributed by atoms with van der Waals surface area (Å²) >= 11 is 2.95. The first kappa shape index (κ1) is 21.7. The van der Waals surface area contributed by atoms with Crippen molar-refractivity contribution in [1.29, 1.82) is 0 Å². The third-order valence-corrected chi connectivity index (χ3v) is 8.04. The minimum atomic E-state index is -0.276. The second kappa shape index (κ2) is 8.68. The summed E-state index contributed by atoms with van der Waals surface area (Å²) in [7, 11) is 1.78. The van der Waals surface area contributed by atoms with Crippen LogP contribution in [0.2, 0.25) is 0 Å². The van der Waals surface area contributed by atoms with Gasteiger partial charge in [-0.1, -0.05) is 18.2 Å². The smallest absolute Gasteiger partial charge is 0.295 e. The molecule has 0 atom stereocenters. The molecule has 3 aromatic heterocycles. The summed E-state index contributed by atoms with van der Waals surface area (Å²) in [5.41, 5.74) is 2.45.